The number of hydrogen-bond acceptors (Lipinski definition) is 4. The molecule has 2 rings (SSSR count). The maximum Gasteiger partial charge on any atom is 0.305 e. The van der Waals surface area contributed by atoms with E-state index in [2.05, 4.69) is 10.2 Å². The number of carbonyl (C=O) groups is 1. The minimum absolute atomic E-state index is 0.160. The highest BCUT2D eigenvalue weighted by atomic mass is 16.5. The molecule has 0 aliphatic carbocycles. The Bertz CT molecular complexity index is 649. The van der Waals surface area contributed by atoms with Crippen molar-refractivity contribution < 1.29 is 9.53 Å². The fourth-order valence-corrected chi connectivity index (χ4v) is 2.16. The van der Waals surface area contributed by atoms with Crippen LogP contribution in [0.15, 0.2) is 29.1 Å². The molecular formula is C15H18N2O3. The van der Waals surface area contributed by atoms with Gasteiger partial charge in [0, 0.05) is 11.8 Å². The van der Waals surface area contributed by atoms with Crippen LogP contribution in [0.3, 0.4) is 0 Å². The highest BCUT2D eigenvalue weighted by Gasteiger charge is 2.06. The summed E-state index contributed by atoms with van der Waals surface area (Å²) in [6.07, 6.45) is 2.75. The highest BCUT2D eigenvalue weighted by molar-refractivity contribution is 5.83. The van der Waals surface area contributed by atoms with Crippen LogP contribution in [0, 0.1) is 0 Å². The van der Waals surface area contributed by atoms with Crippen LogP contribution in [0.5, 0.6) is 0 Å². The maximum absolute atomic E-state index is 11.6. The zero-order chi connectivity index (χ0) is 14.4. The van der Waals surface area contributed by atoms with Crippen molar-refractivity contribution in [2.45, 2.75) is 32.6 Å². The molecule has 5 heteroatoms. The third-order valence-electron chi connectivity index (χ3n) is 3.12. The number of H-pyrrole nitrogens is 1. The van der Waals surface area contributed by atoms with Crippen LogP contribution in [0.2, 0.25) is 0 Å². The fourth-order valence-electron chi connectivity index (χ4n) is 2.16. The predicted octanol–water partition coefficient (Wildman–Crippen LogP) is 2.20. The van der Waals surface area contributed by atoms with Crippen LogP contribution < -0.4 is 5.56 Å². The number of carbonyl (C=O) groups excluding carboxylic acids is 1. The van der Waals surface area contributed by atoms with E-state index in [0.717, 1.165) is 30.3 Å². The molecule has 1 heterocycles. The van der Waals surface area contributed by atoms with Crippen molar-refractivity contribution in [2.24, 2.45) is 0 Å². The fraction of sp³-hybridized carbons (Fsp3) is 0.400. The summed E-state index contributed by atoms with van der Waals surface area (Å²) >= 11 is 0. The van der Waals surface area contributed by atoms with Crippen molar-refractivity contribution in [3.05, 3.63) is 40.3 Å². The zero-order valence-electron chi connectivity index (χ0n) is 11.5. The lowest BCUT2D eigenvalue weighted by atomic mass is 10.1. The van der Waals surface area contributed by atoms with Crippen molar-refractivity contribution in [1.82, 2.24) is 10.2 Å². The zero-order valence-corrected chi connectivity index (χ0v) is 11.5. The lowest BCUT2D eigenvalue weighted by Crippen LogP contribution is -2.11. The van der Waals surface area contributed by atoms with E-state index in [1.807, 2.05) is 18.2 Å². The van der Waals surface area contributed by atoms with E-state index in [0.29, 0.717) is 18.4 Å². The van der Waals surface area contributed by atoms with E-state index in [1.54, 1.807) is 13.0 Å². The first-order valence-electron chi connectivity index (χ1n) is 6.84. The summed E-state index contributed by atoms with van der Waals surface area (Å²) < 4.78 is 4.88. The van der Waals surface area contributed by atoms with Gasteiger partial charge < -0.3 is 4.74 Å². The number of hydrogen-bond donors (Lipinski definition) is 1. The minimum Gasteiger partial charge on any atom is -0.466 e. The summed E-state index contributed by atoms with van der Waals surface area (Å²) in [5.74, 6) is -0.160. The number of aromatic amines is 1. The van der Waals surface area contributed by atoms with E-state index >= 15 is 0 Å². The van der Waals surface area contributed by atoms with Gasteiger partial charge in [0.15, 0.2) is 0 Å². The number of nitrogens with one attached hydrogen (secondary N) is 1. The molecule has 0 unspecified atom stereocenters. The number of benzene rings is 1. The van der Waals surface area contributed by atoms with Gasteiger partial charge in [-0.1, -0.05) is 18.2 Å². The van der Waals surface area contributed by atoms with Gasteiger partial charge in [-0.15, -0.1) is 0 Å². The molecule has 1 aromatic carbocycles. The molecule has 0 aliphatic heterocycles. The van der Waals surface area contributed by atoms with E-state index < -0.39 is 0 Å². The summed E-state index contributed by atoms with van der Waals surface area (Å²) in [5, 5.41) is 8.16. The topological polar surface area (TPSA) is 72.0 Å². The molecule has 0 bridgehead atoms. The minimum atomic E-state index is -0.170. The first-order chi connectivity index (χ1) is 9.72. The molecule has 0 radical (unpaired) electrons. The predicted molar refractivity (Wildman–Crippen MR) is 76.6 cm³/mol. The number of fused-ring (bicyclic) bond motifs is 1. The number of esters is 1. The molecule has 1 aromatic heterocycles. The lowest BCUT2D eigenvalue weighted by Gasteiger charge is -2.05. The molecule has 0 spiro atoms. The van der Waals surface area contributed by atoms with Gasteiger partial charge in [-0.2, -0.15) is 5.10 Å². The normalized spacial score (nSPS) is 10.7. The number of unbranched alkanes of at least 4 members (excludes halogenated alkanes) is 1. The third kappa shape index (κ3) is 3.44. The van der Waals surface area contributed by atoms with Gasteiger partial charge in [0.2, 0.25) is 0 Å². The van der Waals surface area contributed by atoms with Gasteiger partial charge in [-0.25, -0.2) is 5.10 Å². The average Bonchev–Trinajstić information content (AvgIpc) is 2.46. The Balaban J connectivity index is 1.99. The summed E-state index contributed by atoms with van der Waals surface area (Å²) in [4.78, 5) is 22.9. The molecule has 0 amide bonds. The Hall–Kier alpha value is -2.17. The van der Waals surface area contributed by atoms with Gasteiger partial charge in [0.25, 0.3) is 5.56 Å². The second kappa shape index (κ2) is 6.84. The first-order valence-corrected chi connectivity index (χ1v) is 6.84. The second-order valence-electron chi connectivity index (χ2n) is 4.56. The molecule has 0 saturated heterocycles. The summed E-state index contributed by atoms with van der Waals surface area (Å²) in [6, 6.07) is 7.42. The molecule has 0 fully saturated rings. The Morgan fingerprint density at radius 2 is 2.00 bits per heavy atom. The van der Waals surface area contributed by atoms with E-state index in [9.17, 15) is 9.59 Å². The van der Waals surface area contributed by atoms with Crippen molar-refractivity contribution in [1.29, 1.82) is 0 Å². The van der Waals surface area contributed by atoms with Gasteiger partial charge in [-0.3, -0.25) is 9.59 Å². The number of rotatable bonds is 6. The number of aryl methyl sites for hydroxylation is 1. The molecule has 20 heavy (non-hydrogen) atoms. The van der Waals surface area contributed by atoms with Crippen molar-refractivity contribution in [3.8, 4) is 0 Å². The Morgan fingerprint density at radius 3 is 2.75 bits per heavy atom. The third-order valence-corrected chi connectivity index (χ3v) is 3.12. The smallest absolute Gasteiger partial charge is 0.305 e. The average molecular weight is 274 g/mol. The SMILES string of the molecule is CCOC(=O)CCCCc1n[nH]c(=O)c2ccccc12. The molecule has 0 saturated carbocycles. The van der Waals surface area contributed by atoms with Crippen LogP contribution >= 0.6 is 0 Å². The van der Waals surface area contributed by atoms with Gasteiger partial charge >= 0.3 is 5.97 Å². The molecule has 5 nitrogen and oxygen atoms in total. The van der Waals surface area contributed by atoms with Crippen molar-refractivity contribution in [2.75, 3.05) is 6.61 Å². The monoisotopic (exact) mass is 274 g/mol. The second-order valence-corrected chi connectivity index (χ2v) is 4.56. The summed E-state index contributed by atoms with van der Waals surface area (Å²) in [5.41, 5.74) is 0.694. The van der Waals surface area contributed by atoms with Gasteiger partial charge in [0.05, 0.1) is 17.7 Å². The van der Waals surface area contributed by atoms with Gasteiger partial charge in [0.1, 0.15) is 0 Å². The van der Waals surface area contributed by atoms with Crippen LogP contribution in [0.25, 0.3) is 10.8 Å². The standard InChI is InChI=1S/C15H18N2O3/c1-2-20-14(18)10-6-5-9-13-11-7-3-4-8-12(11)15(19)17-16-13/h3-4,7-8H,2,5-6,9-10H2,1H3,(H,17,19). The van der Waals surface area contributed by atoms with Crippen LogP contribution in [0.4, 0.5) is 0 Å². The molecule has 1 N–H and O–H groups in total. The van der Waals surface area contributed by atoms with E-state index in [4.69, 9.17) is 4.74 Å². The molecule has 0 aliphatic rings. The van der Waals surface area contributed by atoms with Crippen LogP contribution in [-0.4, -0.2) is 22.8 Å². The number of aromatic nitrogens is 2. The highest BCUT2D eigenvalue weighted by Crippen LogP contribution is 2.14. The molecule has 2 aromatic rings. The molecule has 106 valence electrons. The molecular weight excluding hydrogens is 256 g/mol. The van der Waals surface area contributed by atoms with Gasteiger partial charge in [-0.05, 0) is 32.3 Å². The van der Waals surface area contributed by atoms with Crippen LogP contribution in [0.1, 0.15) is 31.9 Å². The summed E-state index contributed by atoms with van der Waals surface area (Å²) in [7, 11) is 0. The Labute approximate surface area is 117 Å². The Kier molecular flexibility index (Phi) is 4.87. The summed E-state index contributed by atoms with van der Waals surface area (Å²) in [6.45, 7) is 2.22. The number of nitrogens with zero attached hydrogens (tertiary/aromatic N) is 1. The van der Waals surface area contributed by atoms with Crippen molar-refractivity contribution >= 4 is 16.7 Å². The first kappa shape index (κ1) is 14.2. The largest absolute Gasteiger partial charge is 0.466 e. The van der Waals surface area contributed by atoms with Crippen molar-refractivity contribution in [3.63, 3.8) is 0 Å². The quantitative estimate of drug-likeness (QED) is 0.647. The molecule has 0 atom stereocenters. The maximum atomic E-state index is 11.6. The van der Waals surface area contributed by atoms with E-state index in [1.165, 1.54) is 0 Å². The van der Waals surface area contributed by atoms with Crippen LogP contribution in [-0.2, 0) is 16.0 Å². The number of ether oxygens (including phenoxy) is 1. The lowest BCUT2D eigenvalue weighted by molar-refractivity contribution is -0.143. The van der Waals surface area contributed by atoms with E-state index in [-0.39, 0.29) is 11.5 Å². The Morgan fingerprint density at radius 1 is 1.25 bits per heavy atom.